The third kappa shape index (κ3) is 6.26. The van der Waals surface area contributed by atoms with Crippen molar-refractivity contribution in [3.05, 3.63) is 34.2 Å². The number of nitrogens with zero attached hydrogens (tertiary/aromatic N) is 3. The summed E-state index contributed by atoms with van der Waals surface area (Å²) in [5.41, 5.74) is 0.738. The average molecular weight is 369 g/mol. The van der Waals surface area contributed by atoms with Crippen molar-refractivity contribution in [2.45, 2.75) is 20.8 Å². The van der Waals surface area contributed by atoms with Crippen LogP contribution in [0.4, 0.5) is 10.2 Å². The molecule has 0 aromatic carbocycles. The topological polar surface area (TPSA) is 74.7 Å². The molecule has 1 N–H and O–H groups in total. The Hall–Kier alpha value is -2.28. The van der Waals surface area contributed by atoms with Gasteiger partial charge in [-0.1, -0.05) is 31.0 Å². The highest BCUT2D eigenvalue weighted by molar-refractivity contribution is 6.29. The van der Waals surface area contributed by atoms with E-state index in [0.29, 0.717) is 18.9 Å². The monoisotopic (exact) mass is 368 g/mol. The molecular formula is C17H22ClFN4O2. The molecule has 0 aliphatic heterocycles. The van der Waals surface area contributed by atoms with E-state index in [0.717, 1.165) is 11.6 Å². The van der Waals surface area contributed by atoms with Gasteiger partial charge in [-0.05, 0) is 25.0 Å². The first kappa shape index (κ1) is 20.8. The van der Waals surface area contributed by atoms with Gasteiger partial charge in [0.15, 0.2) is 11.0 Å². The van der Waals surface area contributed by atoms with Crippen molar-refractivity contribution >= 4 is 36.0 Å². The predicted octanol–water partition coefficient (Wildman–Crippen LogP) is 2.87. The van der Waals surface area contributed by atoms with Crippen LogP contribution in [0, 0.1) is 11.7 Å². The number of carbonyl (C=O) groups is 2. The molecule has 0 bridgehead atoms. The minimum absolute atomic E-state index is 0.00683. The van der Waals surface area contributed by atoms with E-state index in [9.17, 15) is 14.0 Å². The van der Waals surface area contributed by atoms with E-state index in [-0.39, 0.29) is 17.9 Å². The molecule has 6 nitrogen and oxygen atoms in total. The van der Waals surface area contributed by atoms with Crippen LogP contribution in [0.2, 0.25) is 5.15 Å². The summed E-state index contributed by atoms with van der Waals surface area (Å²) in [6, 6.07) is 0.961. The number of carbonyl (C=O) groups excluding carboxylic acids is 2. The summed E-state index contributed by atoms with van der Waals surface area (Å²) in [7, 11) is 1.40. The molecule has 1 heterocycles. The molecule has 0 unspecified atom stereocenters. The van der Waals surface area contributed by atoms with E-state index in [2.05, 4.69) is 29.1 Å². The molecule has 0 fully saturated rings. The second-order valence-corrected chi connectivity index (χ2v) is 6.22. The smallest absolute Gasteiger partial charge is 0.254 e. The molecule has 136 valence electrons. The molecule has 0 saturated heterocycles. The zero-order chi connectivity index (χ0) is 19.0. The average Bonchev–Trinajstić information content (AvgIpc) is 2.57. The van der Waals surface area contributed by atoms with Crippen LogP contribution in [0.5, 0.6) is 0 Å². The second kappa shape index (κ2) is 9.88. The van der Waals surface area contributed by atoms with Crippen LogP contribution < -0.4 is 10.2 Å². The van der Waals surface area contributed by atoms with E-state index in [1.165, 1.54) is 11.9 Å². The lowest BCUT2D eigenvalue weighted by molar-refractivity contribution is -0.107. The van der Waals surface area contributed by atoms with Gasteiger partial charge in [-0.2, -0.15) is 0 Å². The Morgan fingerprint density at radius 2 is 2.20 bits per heavy atom. The lowest BCUT2D eigenvalue weighted by Gasteiger charge is -2.19. The molecular weight excluding hydrogens is 347 g/mol. The minimum Gasteiger partial charge on any atom is -0.355 e. The number of hydrogen-bond donors (Lipinski definition) is 1. The first-order valence-electron chi connectivity index (χ1n) is 7.75. The number of pyridine rings is 1. The number of anilines is 1. The molecule has 1 rings (SSSR count). The molecule has 8 heteroatoms. The van der Waals surface area contributed by atoms with Crippen molar-refractivity contribution in [2.75, 3.05) is 25.0 Å². The number of halogens is 2. The SMILES string of the molecule is CNC(=O)c1cc(F)c(Cl)nc1N(C=O)C/C(C)=C\C=NCC(C)C. The Morgan fingerprint density at radius 1 is 1.52 bits per heavy atom. The minimum atomic E-state index is -0.831. The largest absolute Gasteiger partial charge is 0.355 e. The number of amides is 2. The fraction of sp³-hybridized carbons (Fsp3) is 0.412. The summed E-state index contributed by atoms with van der Waals surface area (Å²) >= 11 is 5.71. The van der Waals surface area contributed by atoms with Crippen molar-refractivity contribution < 1.29 is 14.0 Å². The summed E-state index contributed by atoms with van der Waals surface area (Å²) < 4.78 is 13.6. The Labute approximate surface area is 151 Å². The Kier molecular flexibility index (Phi) is 8.21. The first-order valence-corrected chi connectivity index (χ1v) is 8.13. The van der Waals surface area contributed by atoms with Gasteiger partial charge >= 0.3 is 0 Å². The molecule has 2 amide bonds. The van der Waals surface area contributed by atoms with Gasteiger partial charge in [0.25, 0.3) is 5.91 Å². The highest BCUT2D eigenvalue weighted by Crippen LogP contribution is 2.23. The van der Waals surface area contributed by atoms with Gasteiger partial charge in [0.05, 0.1) is 5.56 Å². The van der Waals surface area contributed by atoms with E-state index in [4.69, 9.17) is 11.6 Å². The molecule has 0 atom stereocenters. The zero-order valence-corrected chi connectivity index (χ0v) is 15.5. The van der Waals surface area contributed by atoms with Crippen LogP contribution in [0.15, 0.2) is 22.7 Å². The highest BCUT2D eigenvalue weighted by atomic mass is 35.5. The van der Waals surface area contributed by atoms with Crippen LogP contribution in [0.25, 0.3) is 0 Å². The number of hydrogen-bond acceptors (Lipinski definition) is 4. The highest BCUT2D eigenvalue weighted by Gasteiger charge is 2.20. The van der Waals surface area contributed by atoms with Crippen LogP contribution >= 0.6 is 11.6 Å². The molecule has 0 radical (unpaired) electrons. The second-order valence-electron chi connectivity index (χ2n) is 5.87. The predicted molar refractivity (Wildman–Crippen MR) is 98.0 cm³/mol. The fourth-order valence-electron chi connectivity index (χ4n) is 1.91. The quantitative estimate of drug-likeness (QED) is 0.435. The molecule has 0 saturated carbocycles. The number of nitrogens with one attached hydrogen (secondary N) is 1. The Balaban J connectivity index is 3.09. The fourth-order valence-corrected chi connectivity index (χ4v) is 2.05. The van der Waals surface area contributed by atoms with Gasteiger partial charge in [0.1, 0.15) is 5.82 Å². The van der Waals surface area contributed by atoms with Gasteiger partial charge in [-0.3, -0.25) is 19.5 Å². The third-order valence-corrected chi connectivity index (χ3v) is 3.40. The van der Waals surface area contributed by atoms with E-state index in [1.807, 2.05) is 6.92 Å². The number of aliphatic imine (C=N–C) groups is 1. The Bertz CT molecular complexity index is 689. The number of rotatable bonds is 8. The third-order valence-electron chi connectivity index (χ3n) is 3.14. The first-order chi connectivity index (χ1) is 11.8. The number of aromatic nitrogens is 1. The maximum Gasteiger partial charge on any atom is 0.254 e. The van der Waals surface area contributed by atoms with Crippen LogP contribution in [0.3, 0.4) is 0 Å². The Morgan fingerprint density at radius 3 is 2.76 bits per heavy atom. The summed E-state index contributed by atoms with van der Waals surface area (Å²) in [5.74, 6) is -0.947. The van der Waals surface area contributed by atoms with Crippen LogP contribution in [-0.4, -0.2) is 43.7 Å². The lowest BCUT2D eigenvalue weighted by atomic mass is 10.2. The van der Waals surface area contributed by atoms with Crippen molar-refractivity contribution in [1.82, 2.24) is 10.3 Å². The lowest BCUT2D eigenvalue weighted by Crippen LogP contribution is -2.29. The van der Waals surface area contributed by atoms with Gasteiger partial charge < -0.3 is 5.32 Å². The van der Waals surface area contributed by atoms with E-state index < -0.39 is 16.9 Å². The normalized spacial score (nSPS) is 11.9. The number of allylic oxidation sites excluding steroid dienone is 1. The summed E-state index contributed by atoms with van der Waals surface area (Å²) in [4.78, 5) is 32.7. The van der Waals surface area contributed by atoms with Crippen molar-refractivity contribution in [3.63, 3.8) is 0 Å². The maximum atomic E-state index is 13.6. The molecule has 0 aliphatic carbocycles. The van der Waals surface area contributed by atoms with Crippen molar-refractivity contribution in [3.8, 4) is 0 Å². The standard InChI is InChI=1S/C17H22ClFN4O2/c1-11(2)8-21-6-5-12(3)9-23(10-24)16-13(17(25)20-4)7-14(19)15(18)22-16/h5-7,10-11H,8-9H2,1-4H3,(H,20,25)/b12-5-,21-6?. The molecule has 0 spiro atoms. The molecule has 0 aliphatic rings. The van der Waals surface area contributed by atoms with Gasteiger partial charge in [-0.15, -0.1) is 0 Å². The van der Waals surface area contributed by atoms with Crippen LogP contribution in [0.1, 0.15) is 31.1 Å². The maximum absolute atomic E-state index is 13.6. The van der Waals surface area contributed by atoms with E-state index in [1.54, 1.807) is 12.3 Å². The molecule has 1 aromatic heterocycles. The summed E-state index contributed by atoms with van der Waals surface area (Å²) in [6.45, 7) is 6.80. The summed E-state index contributed by atoms with van der Waals surface area (Å²) in [6.07, 6.45) is 3.96. The van der Waals surface area contributed by atoms with Gasteiger partial charge in [0.2, 0.25) is 6.41 Å². The van der Waals surface area contributed by atoms with Crippen molar-refractivity contribution in [2.24, 2.45) is 10.9 Å². The molecule has 1 aromatic rings. The van der Waals surface area contributed by atoms with Gasteiger partial charge in [-0.25, -0.2) is 9.37 Å². The summed E-state index contributed by atoms with van der Waals surface area (Å²) in [5, 5.41) is 1.98. The van der Waals surface area contributed by atoms with Crippen LogP contribution in [-0.2, 0) is 4.79 Å². The van der Waals surface area contributed by atoms with Gasteiger partial charge in [0, 0.05) is 26.4 Å². The van der Waals surface area contributed by atoms with E-state index >= 15 is 0 Å². The van der Waals surface area contributed by atoms with Crippen molar-refractivity contribution in [1.29, 1.82) is 0 Å². The molecule has 25 heavy (non-hydrogen) atoms. The zero-order valence-electron chi connectivity index (χ0n) is 14.7.